The Labute approximate surface area is 145 Å². The third kappa shape index (κ3) is 3.95. The van der Waals surface area contributed by atoms with E-state index >= 15 is 0 Å². The fourth-order valence-electron chi connectivity index (χ4n) is 2.10. The number of hydrogen-bond donors (Lipinski definition) is 0. The van der Waals surface area contributed by atoms with Crippen LogP contribution in [0.5, 0.6) is 6.01 Å². The molecule has 10 heteroatoms. The van der Waals surface area contributed by atoms with E-state index in [1.807, 2.05) is 6.92 Å². The number of alkyl halides is 3. The van der Waals surface area contributed by atoms with Crippen LogP contribution in [-0.2, 0) is 19.2 Å². The van der Waals surface area contributed by atoms with Crippen LogP contribution < -0.4 is 4.74 Å². The highest BCUT2D eigenvalue weighted by molar-refractivity contribution is 5.37. The zero-order chi connectivity index (χ0) is 18.7. The first-order valence-electron chi connectivity index (χ1n) is 7.59. The highest BCUT2D eigenvalue weighted by Gasteiger charge is 2.34. The number of aryl methyl sites for hydroxylation is 1. The van der Waals surface area contributed by atoms with Crippen LogP contribution in [0.15, 0.2) is 36.8 Å². The van der Waals surface area contributed by atoms with Gasteiger partial charge in [0.2, 0.25) is 0 Å². The van der Waals surface area contributed by atoms with Gasteiger partial charge in [-0.25, -0.2) is 19.0 Å². The van der Waals surface area contributed by atoms with Gasteiger partial charge in [-0.15, -0.1) is 5.10 Å². The van der Waals surface area contributed by atoms with E-state index in [-0.39, 0.29) is 18.3 Å². The van der Waals surface area contributed by atoms with E-state index < -0.39 is 17.6 Å². The standard InChI is InChI=1S/C16H13F4N5O/c1-2-10-6-21-15(22-7-10)26-9-11-8-25(24-23-11)12-3-4-14(17)13(5-12)16(18,19)20/h3-8H,2,9H2,1H3. The number of halogens is 4. The van der Waals surface area contributed by atoms with Gasteiger partial charge in [0.05, 0.1) is 17.4 Å². The lowest BCUT2D eigenvalue weighted by molar-refractivity contribution is -0.140. The van der Waals surface area contributed by atoms with Crippen molar-refractivity contribution in [3.63, 3.8) is 0 Å². The smallest absolute Gasteiger partial charge is 0.419 e. The molecule has 0 aliphatic carbocycles. The highest BCUT2D eigenvalue weighted by atomic mass is 19.4. The minimum atomic E-state index is -4.80. The SMILES string of the molecule is CCc1cnc(OCc2cn(-c3ccc(F)c(C(F)(F)F)c3)nn2)nc1. The lowest BCUT2D eigenvalue weighted by Gasteiger charge is -2.09. The van der Waals surface area contributed by atoms with E-state index in [0.717, 1.165) is 22.7 Å². The fraction of sp³-hybridized carbons (Fsp3) is 0.250. The number of hydrogen-bond acceptors (Lipinski definition) is 5. The van der Waals surface area contributed by atoms with E-state index in [9.17, 15) is 17.6 Å². The van der Waals surface area contributed by atoms with Gasteiger partial charge >= 0.3 is 12.2 Å². The molecular formula is C16H13F4N5O. The molecule has 136 valence electrons. The van der Waals surface area contributed by atoms with Gasteiger partial charge in [-0.1, -0.05) is 12.1 Å². The van der Waals surface area contributed by atoms with Gasteiger partial charge < -0.3 is 4.74 Å². The predicted molar refractivity (Wildman–Crippen MR) is 82.1 cm³/mol. The van der Waals surface area contributed by atoms with Crippen LogP contribution >= 0.6 is 0 Å². The first kappa shape index (κ1) is 17.8. The van der Waals surface area contributed by atoms with Gasteiger partial charge in [0, 0.05) is 12.4 Å². The molecule has 0 amide bonds. The molecule has 0 unspecified atom stereocenters. The molecule has 0 saturated carbocycles. The Morgan fingerprint density at radius 1 is 1.15 bits per heavy atom. The highest BCUT2D eigenvalue weighted by Crippen LogP contribution is 2.32. The van der Waals surface area contributed by atoms with Gasteiger partial charge in [-0.3, -0.25) is 0 Å². The van der Waals surface area contributed by atoms with E-state index in [1.165, 1.54) is 12.3 Å². The topological polar surface area (TPSA) is 65.7 Å². The van der Waals surface area contributed by atoms with Crippen molar-refractivity contribution in [3.8, 4) is 11.7 Å². The van der Waals surface area contributed by atoms with Crippen LogP contribution in [0.2, 0.25) is 0 Å². The molecule has 0 N–H and O–H groups in total. The minimum absolute atomic E-state index is 0.0151. The average molecular weight is 367 g/mol. The second-order valence-electron chi connectivity index (χ2n) is 5.33. The monoisotopic (exact) mass is 367 g/mol. The van der Waals surface area contributed by atoms with Crippen molar-refractivity contribution in [1.29, 1.82) is 0 Å². The van der Waals surface area contributed by atoms with Crippen LogP contribution in [-0.4, -0.2) is 25.0 Å². The Morgan fingerprint density at radius 3 is 2.54 bits per heavy atom. The summed E-state index contributed by atoms with van der Waals surface area (Å²) < 4.78 is 58.2. The van der Waals surface area contributed by atoms with E-state index in [4.69, 9.17) is 4.74 Å². The van der Waals surface area contributed by atoms with Gasteiger partial charge in [-0.2, -0.15) is 13.2 Å². The molecule has 0 aliphatic heterocycles. The molecule has 0 aliphatic rings. The first-order valence-corrected chi connectivity index (χ1v) is 7.59. The van der Waals surface area contributed by atoms with E-state index in [0.29, 0.717) is 11.8 Å². The lowest BCUT2D eigenvalue weighted by atomic mass is 10.2. The van der Waals surface area contributed by atoms with Gasteiger partial charge in [0.1, 0.15) is 18.1 Å². The first-order chi connectivity index (χ1) is 12.4. The molecule has 2 aromatic heterocycles. The van der Waals surface area contributed by atoms with E-state index in [1.54, 1.807) is 12.4 Å². The largest absolute Gasteiger partial charge is 0.457 e. The summed E-state index contributed by atoms with van der Waals surface area (Å²) in [6.07, 6.45) is 0.654. The zero-order valence-electron chi connectivity index (χ0n) is 13.5. The van der Waals surface area contributed by atoms with Crippen molar-refractivity contribution < 1.29 is 22.3 Å². The molecule has 0 atom stereocenters. The maximum atomic E-state index is 13.3. The van der Waals surface area contributed by atoms with Crippen molar-refractivity contribution in [1.82, 2.24) is 25.0 Å². The Morgan fingerprint density at radius 2 is 1.88 bits per heavy atom. The van der Waals surface area contributed by atoms with Gasteiger partial charge in [0.15, 0.2) is 0 Å². The Balaban J connectivity index is 1.73. The van der Waals surface area contributed by atoms with Crippen LogP contribution in [0.3, 0.4) is 0 Å². The lowest BCUT2D eigenvalue weighted by Crippen LogP contribution is -2.09. The molecule has 26 heavy (non-hydrogen) atoms. The van der Waals surface area contributed by atoms with Gasteiger partial charge in [0.25, 0.3) is 0 Å². The quantitative estimate of drug-likeness (QED) is 0.647. The third-order valence-corrected chi connectivity index (χ3v) is 3.50. The van der Waals surface area contributed by atoms with Crippen LogP contribution in [0, 0.1) is 5.82 Å². The molecule has 0 spiro atoms. The summed E-state index contributed by atoms with van der Waals surface area (Å²) in [5, 5.41) is 7.55. The van der Waals surface area contributed by atoms with E-state index in [2.05, 4.69) is 20.3 Å². The summed E-state index contributed by atoms with van der Waals surface area (Å²) in [5.41, 5.74) is -0.0279. The maximum absolute atomic E-state index is 13.3. The number of benzene rings is 1. The second-order valence-corrected chi connectivity index (χ2v) is 5.33. The molecule has 3 aromatic rings. The zero-order valence-corrected chi connectivity index (χ0v) is 13.5. The summed E-state index contributed by atoms with van der Waals surface area (Å²) >= 11 is 0. The summed E-state index contributed by atoms with van der Waals surface area (Å²) in [7, 11) is 0. The molecule has 3 rings (SSSR count). The summed E-state index contributed by atoms with van der Waals surface area (Å²) in [6, 6.07) is 2.73. The number of ether oxygens (including phenoxy) is 1. The summed E-state index contributed by atoms with van der Waals surface area (Å²) in [5.74, 6) is -1.35. The molecule has 0 radical (unpaired) electrons. The summed E-state index contributed by atoms with van der Waals surface area (Å²) in [6.45, 7) is 1.95. The van der Waals surface area contributed by atoms with Crippen molar-refractivity contribution in [2.45, 2.75) is 26.1 Å². The van der Waals surface area contributed by atoms with Crippen molar-refractivity contribution >= 4 is 0 Å². The molecule has 0 fully saturated rings. The van der Waals surface area contributed by atoms with Gasteiger partial charge in [-0.05, 0) is 30.2 Å². The normalized spacial score (nSPS) is 11.6. The Hall–Kier alpha value is -3.04. The van der Waals surface area contributed by atoms with Crippen molar-refractivity contribution in [2.24, 2.45) is 0 Å². The number of rotatable bonds is 5. The Bertz CT molecular complexity index is 892. The van der Waals surface area contributed by atoms with Crippen LogP contribution in [0.4, 0.5) is 17.6 Å². The van der Waals surface area contributed by atoms with Crippen molar-refractivity contribution in [2.75, 3.05) is 0 Å². The maximum Gasteiger partial charge on any atom is 0.419 e. The molecular weight excluding hydrogens is 354 g/mol. The number of nitrogens with zero attached hydrogens (tertiary/aromatic N) is 5. The second kappa shape index (κ2) is 7.06. The number of aromatic nitrogens is 5. The van der Waals surface area contributed by atoms with Crippen molar-refractivity contribution in [3.05, 3.63) is 59.4 Å². The molecule has 0 saturated heterocycles. The van der Waals surface area contributed by atoms with Crippen LogP contribution in [0.25, 0.3) is 5.69 Å². The Kier molecular flexibility index (Phi) is 4.83. The minimum Gasteiger partial charge on any atom is -0.457 e. The molecule has 6 nitrogen and oxygen atoms in total. The average Bonchev–Trinajstić information content (AvgIpc) is 3.09. The molecule has 2 heterocycles. The predicted octanol–water partition coefficient (Wildman–Crippen LogP) is 3.36. The fourth-order valence-corrected chi connectivity index (χ4v) is 2.10. The summed E-state index contributed by atoms with van der Waals surface area (Å²) in [4.78, 5) is 8.05. The molecule has 0 bridgehead atoms. The molecule has 1 aromatic carbocycles. The third-order valence-electron chi connectivity index (χ3n) is 3.50. The van der Waals surface area contributed by atoms with Crippen LogP contribution in [0.1, 0.15) is 23.7 Å².